The van der Waals surface area contributed by atoms with Crippen LogP contribution in [0.3, 0.4) is 0 Å². The Balaban J connectivity index is -0.000000283. The fourth-order valence-corrected chi connectivity index (χ4v) is 6.21. The van der Waals surface area contributed by atoms with Crippen molar-refractivity contribution in [2.75, 3.05) is 126 Å². The van der Waals surface area contributed by atoms with Crippen LogP contribution >= 0.6 is 0 Å². The number of hydrogen-bond acceptors (Lipinski definition) is 21. The van der Waals surface area contributed by atoms with Gasteiger partial charge in [0.1, 0.15) is 18.3 Å². The summed E-state index contributed by atoms with van der Waals surface area (Å²) in [6.07, 6.45) is 0.813. The van der Waals surface area contributed by atoms with Crippen LogP contribution in [0.15, 0.2) is 0 Å². The molecule has 0 aliphatic rings. The monoisotopic (exact) mass is 1070 g/mol. The number of likely N-dealkylation sites (N-methyl/N-ethyl adjacent to an activating group) is 1. The van der Waals surface area contributed by atoms with E-state index in [-0.39, 0.29) is 66.6 Å². The molecule has 0 aromatic carbocycles. The van der Waals surface area contributed by atoms with Gasteiger partial charge in [-0.3, -0.25) is 4.90 Å². The third-order valence-electron chi connectivity index (χ3n) is 11.0. The Bertz CT molecular complexity index is 1060. The van der Waals surface area contributed by atoms with E-state index < -0.39 is 72.7 Å². The highest BCUT2D eigenvalue weighted by Gasteiger charge is 2.30. The van der Waals surface area contributed by atoms with Crippen LogP contribution in [0.5, 0.6) is 0 Å². The van der Waals surface area contributed by atoms with E-state index in [4.69, 9.17) is 23.7 Å². The zero-order valence-electron chi connectivity index (χ0n) is 46.6. The molecule has 73 heavy (non-hydrogen) atoms. The Morgan fingerprint density at radius 1 is 0.438 bits per heavy atom. The van der Waals surface area contributed by atoms with Gasteiger partial charge in [0.15, 0.2) is 0 Å². The number of hydrogen-bond donors (Lipinski definition) is 14. The Hall–Kier alpha value is -0.840. The summed E-state index contributed by atoms with van der Waals surface area (Å²) in [5.74, 6) is 0. The number of nitrogens with one attached hydrogen (secondary N) is 1. The predicted octanol–water partition coefficient (Wildman–Crippen LogP) is 0.652. The van der Waals surface area contributed by atoms with Crippen LogP contribution in [0.25, 0.3) is 0 Å². The molecule has 0 saturated carbocycles. The first-order valence-corrected chi connectivity index (χ1v) is 26.9. The van der Waals surface area contributed by atoms with E-state index in [1.54, 1.807) is 32.7 Å². The average Bonchev–Trinajstić information content (AvgIpc) is 3.34. The smallest absolute Gasteiger partial charge is 0.109 e. The molecular weight excluding hydrogens is 955 g/mol. The Kier molecular flexibility index (Phi) is 62.0. The van der Waals surface area contributed by atoms with Gasteiger partial charge in [-0.05, 0) is 65.8 Å². The largest absolute Gasteiger partial charge is 0.394 e. The lowest BCUT2D eigenvalue weighted by molar-refractivity contribution is -0.111. The van der Waals surface area contributed by atoms with Gasteiger partial charge in [-0.15, -0.1) is 0 Å². The van der Waals surface area contributed by atoms with Gasteiger partial charge in [0, 0.05) is 65.7 Å². The van der Waals surface area contributed by atoms with E-state index in [2.05, 4.69) is 33.0 Å². The first-order valence-electron chi connectivity index (χ1n) is 26.9. The van der Waals surface area contributed by atoms with Crippen molar-refractivity contribution in [2.24, 2.45) is 0 Å². The molecule has 0 bridgehead atoms. The number of rotatable bonds is 45. The summed E-state index contributed by atoms with van der Waals surface area (Å²) < 4.78 is 26.3. The van der Waals surface area contributed by atoms with Gasteiger partial charge in [-0.1, -0.05) is 81.6 Å². The van der Waals surface area contributed by atoms with Crippen LogP contribution in [-0.4, -0.2) is 274 Å². The molecule has 0 saturated heterocycles. The second kappa shape index (κ2) is 55.9. The van der Waals surface area contributed by atoms with Crippen molar-refractivity contribution in [1.82, 2.24) is 15.1 Å². The molecule has 0 aromatic rings. The molecule has 0 rings (SSSR count). The molecule has 0 fully saturated rings. The maximum atomic E-state index is 9.89. The minimum Gasteiger partial charge on any atom is -0.394 e. The van der Waals surface area contributed by atoms with Gasteiger partial charge >= 0.3 is 0 Å². The number of aliphatic hydroxyl groups is 13. The van der Waals surface area contributed by atoms with E-state index in [1.165, 1.54) is 0 Å². The summed E-state index contributed by atoms with van der Waals surface area (Å²) in [6.45, 7) is 23.0. The molecule has 0 aromatic heterocycles. The lowest BCUT2D eigenvalue weighted by Gasteiger charge is -2.30. The van der Waals surface area contributed by atoms with Crippen LogP contribution in [-0.2, 0) is 23.7 Å². The summed E-state index contributed by atoms with van der Waals surface area (Å²) in [5.41, 5.74) is -0.704. The van der Waals surface area contributed by atoms with Crippen LogP contribution < -0.4 is 5.32 Å². The number of aliphatic hydroxyl groups excluding tert-OH is 13. The Morgan fingerprint density at radius 2 is 0.808 bits per heavy atom. The first-order chi connectivity index (χ1) is 34.1. The molecule has 11 atom stereocenters. The average molecular weight is 1070 g/mol. The Labute approximate surface area is 442 Å². The molecule has 0 aliphatic carbocycles. The van der Waals surface area contributed by atoms with Crippen molar-refractivity contribution in [3.05, 3.63) is 0 Å². The van der Waals surface area contributed by atoms with Crippen LogP contribution in [0.1, 0.15) is 140 Å². The number of ether oxygens (including phenoxy) is 5. The fourth-order valence-electron chi connectivity index (χ4n) is 6.21. The van der Waals surface area contributed by atoms with Crippen molar-refractivity contribution >= 4 is 0 Å². The molecule has 21 nitrogen and oxygen atoms in total. The van der Waals surface area contributed by atoms with Crippen molar-refractivity contribution in [2.45, 2.75) is 213 Å². The number of unbranched alkanes of at least 4 members (excludes halogenated alkanes) is 4. The number of nitrogens with zero attached hydrogens (tertiary/aromatic N) is 2. The summed E-state index contributed by atoms with van der Waals surface area (Å²) >= 11 is 0. The molecule has 21 heteroatoms. The van der Waals surface area contributed by atoms with Gasteiger partial charge in [-0.25, -0.2) is 0 Å². The normalized spacial score (nSPS) is 16.2. The molecule has 0 spiro atoms. The summed E-state index contributed by atoms with van der Waals surface area (Å²) in [5, 5.41) is 127. The van der Waals surface area contributed by atoms with Crippen molar-refractivity contribution in [3.8, 4) is 0 Å². The molecule has 0 amide bonds. The SMILES string of the molecule is C.CCCCOCC(O)CN(C)CC(O)C(O)C(O)C(O)CC.CCCCOCC(O)CN(CC(C)O)CC(C)O.CCCCOCC(O)CNC(CC)(CO)CO.CCCCOCC(O)COCC(O)CC. The standard InChI is InChI=1S/C15H33NO6.C13H29NO4.C12H27NO4.C11H24O4.CH4/c1-4-6-7-22-10-11(17)8-16(3)9-13(19)15(21)14(20)12(18)5-2;1-4-5-6-18-10-13(17)9-14(7-11(2)15)8-12(3)16;1-3-5-6-17-8-11(16)7-13-12(4-2,9-14)10-15;1-3-5-6-14-8-11(13)9-15-7-10(12)4-2;/h11-15,17-21H,4-10H2,1-3H3;11-13,15-17H,4-10H2,1-3H3;11,13-16H,3-10H2,1-2H3;10-13H,3-9H2,1-2H3;1H4. The molecule has 448 valence electrons. The highest BCUT2D eigenvalue weighted by Crippen LogP contribution is 2.10. The zero-order valence-corrected chi connectivity index (χ0v) is 46.6. The summed E-state index contributed by atoms with van der Waals surface area (Å²) in [7, 11) is 1.69. The van der Waals surface area contributed by atoms with Gasteiger partial charge in [0.25, 0.3) is 0 Å². The van der Waals surface area contributed by atoms with Gasteiger partial charge in [0.2, 0.25) is 0 Å². The van der Waals surface area contributed by atoms with Gasteiger partial charge in [-0.2, -0.15) is 0 Å². The molecular formula is C52H117N3O18. The predicted molar refractivity (Wildman–Crippen MR) is 288 cm³/mol. The minimum atomic E-state index is -1.43. The van der Waals surface area contributed by atoms with Crippen molar-refractivity contribution in [1.29, 1.82) is 0 Å². The molecule has 0 radical (unpaired) electrons. The van der Waals surface area contributed by atoms with E-state index in [9.17, 15) is 66.4 Å². The van der Waals surface area contributed by atoms with Gasteiger partial charge in [0.05, 0.1) is 107 Å². The number of β-amino-alcohol motifs (C(OH)–C–C–N with tert-alkyl or cyclic N) is 1. The third-order valence-corrected chi connectivity index (χ3v) is 11.0. The van der Waals surface area contributed by atoms with Gasteiger partial charge < -0.3 is 100 Å². The second-order valence-electron chi connectivity index (χ2n) is 18.9. The molecule has 14 N–H and O–H groups in total. The van der Waals surface area contributed by atoms with Crippen molar-refractivity contribution in [3.63, 3.8) is 0 Å². The maximum Gasteiger partial charge on any atom is 0.109 e. The van der Waals surface area contributed by atoms with Crippen LogP contribution in [0.2, 0.25) is 0 Å². The van der Waals surface area contributed by atoms with E-state index >= 15 is 0 Å². The third kappa shape index (κ3) is 53.0. The highest BCUT2D eigenvalue weighted by atomic mass is 16.5. The molecule has 11 unspecified atom stereocenters. The molecule has 0 aliphatic heterocycles. The summed E-state index contributed by atoms with van der Waals surface area (Å²) in [6, 6.07) is 0. The van der Waals surface area contributed by atoms with E-state index in [1.807, 2.05) is 18.7 Å². The highest BCUT2D eigenvalue weighted by molar-refractivity contribution is 4.86. The minimum absolute atomic E-state index is 0. The lowest BCUT2D eigenvalue weighted by Crippen LogP contribution is -2.53. The van der Waals surface area contributed by atoms with E-state index in [0.717, 1.165) is 51.4 Å². The Morgan fingerprint density at radius 3 is 1.18 bits per heavy atom. The maximum absolute atomic E-state index is 9.89. The molecule has 0 heterocycles. The second-order valence-corrected chi connectivity index (χ2v) is 18.9. The summed E-state index contributed by atoms with van der Waals surface area (Å²) in [4.78, 5) is 3.50. The van der Waals surface area contributed by atoms with E-state index in [0.29, 0.717) is 78.7 Å². The van der Waals surface area contributed by atoms with Crippen LogP contribution in [0, 0.1) is 0 Å². The first kappa shape index (κ1) is 81.0. The topological polar surface area (TPSA) is 328 Å². The quantitative estimate of drug-likeness (QED) is 0.0372. The zero-order chi connectivity index (χ0) is 55.8. The van der Waals surface area contributed by atoms with Crippen LogP contribution in [0.4, 0.5) is 0 Å². The fraction of sp³-hybridized carbons (Fsp3) is 1.00. The lowest BCUT2D eigenvalue weighted by atomic mass is 9.98. The van der Waals surface area contributed by atoms with Crippen molar-refractivity contribution < 1.29 is 90.1 Å².